The molecule has 0 saturated carbocycles. The van der Waals surface area contributed by atoms with Crippen LogP contribution in [0.1, 0.15) is 0 Å². The van der Waals surface area contributed by atoms with Crippen molar-refractivity contribution < 1.29 is 13.9 Å². The first-order valence-electron chi connectivity index (χ1n) is 3.44. The molecule has 0 bridgehead atoms. The average Bonchev–Trinajstić information content (AvgIpc) is 2.06. The third kappa shape index (κ3) is 1.20. The van der Waals surface area contributed by atoms with Crippen LogP contribution in [0.25, 0.3) is 11.0 Å². The molecule has 1 heterocycles. The van der Waals surface area contributed by atoms with E-state index < -0.39 is 11.4 Å². The van der Waals surface area contributed by atoms with Crippen LogP contribution in [0.3, 0.4) is 0 Å². The van der Waals surface area contributed by atoms with Crippen LogP contribution in [0, 0.1) is 0 Å². The first kappa shape index (κ1) is 7.60. The number of benzene rings is 1. The van der Waals surface area contributed by atoms with E-state index in [1.165, 1.54) is 18.2 Å². The Morgan fingerprint density at radius 1 is 1.15 bits per heavy atom. The summed E-state index contributed by atoms with van der Waals surface area (Å²) in [5, 5.41) is 9.06. The highest BCUT2D eigenvalue weighted by molar-refractivity contribution is 5.76. The van der Waals surface area contributed by atoms with Crippen LogP contribution in [0.2, 0.25) is 0 Å². The Balaban J connectivity index is 3.04. The highest BCUT2D eigenvalue weighted by Crippen LogP contribution is 2.14. The Hall–Kier alpha value is -2.04. The molecule has 1 aromatic heterocycles. The Morgan fingerprint density at radius 2 is 1.92 bits per heavy atom. The predicted octanol–water partition coefficient (Wildman–Crippen LogP) is 0.452. The molecule has 0 fully saturated rings. The van der Waals surface area contributed by atoms with Gasteiger partial charge in [0.25, 0.3) is 0 Å². The first-order valence-corrected chi connectivity index (χ1v) is 3.44. The van der Waals surface area contributed by atoms with Crippen molar-refractivity contribution in [2.24, 2.45) is 0 Å². The third-order valence-electron chi connectivity index (χ3n) is 1.55. The quantitative estimate of drug-likeness (QED) is 0.636. The summed E-state index contributed by atoms with van der Waals surface area (Å²) >= 11 is 0. The van der Waals surface area contributed by atoms with E-state index in [2.05, 4.69) is 8.83 Å². The zero-order valence-electron chi connectivity index (χ0n) is 6.31. The van der Waals surface area contributed by atoms with E-state index in [1.54, 1.807) is 0 Å². The maximum absolute atomic E-state index is 11.0. The van der Waals surface area contributed by atoms with Gasteiger partial charge in [0, 0.05) is 0 Å². The maximum Gasteiger partial charge on any atom is 0.522 e. The van der Waals surface area contributed by atoms with Gasteiger partial charge in [0.05, 0.1) is 0 Å². The summed E-state index contributed by atoms with van der Waals surface area (Å²) in [7, 11) is 0. The lowest BCUT2D eigenvalue weighted by Gasteiger charge is -1.93. The second kappa shape index (κ2) is 2.48. The Labute approximate surface area is 70.8 Å². The van der Waals surface area contributed by atoms with Crippen molar-refractivity contribution in [3.63, 3.8) is 0 Å². The highest BCUT2D eigenvalue weighted by Gasteiger charge is 2.04. The smallest absolute Gasteiger partial charge is 0.508 e. The molecular weight excluding hydrogens is 176 g/mol. The second-order valence-electron chi connectivity index (χ2n) is 2.42. The lowest BCUT2D eigenvalue weighted by Crippen LogP contribution is -2.09. The molecule has 0 unspecified atom stereocenters. The van der Waals surface area contributed by atoms with Crippen LogP contribution in [0.4, 0.5) is 0 Å². The van der Waals surface area contributed by atoms with Gasteiger partial charge in [0.2, 0.25) is 0 Å². The zero-order valence-corrected chi connectivity index (χ0v) is 6.31. The van der Waals surface area contributed by atoms with E-state index in [-0.39, 0.29) is 16.7 Å². The van der Waals surface area contributed by atoms with E-state index >= 15 is 0 Å². The lowest BCUT2D eigenvalue weighted by molar-refractivity contribution is 0.327. The Morgan fingerprint density at radius 3 is 2.69 bits per heavy atom. The minimum atomic E-state index is -1.05. The molecule has 0 aliphatic carbocycles. The van der Waals surface area contributed by atoms with Crippen LogP contribution >= 0.6 is 0 Å². The molecule has 66 valence electrons. The molecule has 0 saturated heterocycles. The van der Waals surface area contributed by atoms with Crippen LogP contribution < -0.4 is 11.4 Å². The van der Waals surface area contributed by atoms with Gasteiger partial charge in [-0.1, -0.05) is 0 Å². The van der Waals surface area contributed by atoms with E-state index in [0.29, 0.717) is 0 Å². The molecule has 1 aromatic carbocycles. The number of rotatable bonds is 0. The molecule has 13 heavy (non-hydrogen) atoms. The van der Waals surface area contributed by atoms with Crippen LogP contribution in [0.15, 0.2) is 36.6 Å². The van der Waals surface area contributed by atoms with E-state index in [4.69, 9.17) is 5.11 Å². The number of phenols is 1. The van der Waals surface area contributed by atoms with Gasteiger partial charge in [0.15, 0.2) is 0 Å². The number of phenolic OH excluding ortho intramolecular Hbond substituents is 1. The Kier molecular flexibility index (Phi) is 1.45. The van der Waals surface area contributed by atoms with Gasteiger partial charge in [-0.2, -0.15) is 0 Å². The SMILES string of the molecule is O=c1oc(=O)c2cc(O)ccc2o1. The molecule has 0 atom stereocenters. The summed E-state index contributed by atoms with van der Waals surface area (Å²) in [6, 6.07) is 3.80. The third-order valence-corrected chi connectivity index (χ3v) is 1.55. The molecule has 0 spiro atoms. The van der Waals surface area contributed by atoms with Crippen molar-refractivity contribution in [3.05, 3.63) is 39.2 Å². The van der Waals surface area contributed by atoms with Gasteiger partial charge >= 0.3 is 11.4 Å². The molecule has 5 nitrogen and oxygen atoms in total. The molecule has 2 rings (SSSR count). The van der Waals surface area contributed by atoms with Gasteiger partial charge in [0.1, 0.15) is 16.7 Å². The van der Waals surface area contributed by atoms with Gasteiger partial charge in [-0.3, -0.25) is 0 Å². The average molecular weight is 180 g/mol. The molecule has 1 N–H and O–H groups in total. The summed E-state index contributed by atoms with van der Waals surface area (Å²) < 4.78 is 8.72. The fraction of sp³-hybridized carbons (Fsp3) is 0. The van der Waals surface area contributed by atoms with Crippen molar-refractivity contribution >= 4 is 11.0 Å². The van der Waals surface area contributed by atoms with Crippen LogP contribution in [0.5, 0.6) is 5.75 Å². The van der Waals surface area contributed by atoms with Crippen molar-refractivity contribution in [2.45, 2.75) is 0 Å². The topological polar surface area (TPSA) is 80.7 Å². The fourth-order valence-electron chi connectivity index (χ4n) is 1.01. The van der Waals surface area contributed by atoms with Crippen molar-refractivity contribution in [2.75, 3.05) is 0 Å². The fourth-order valence-corrected chi connectivity index (χ4v) is 1.01. The van der Waals surface area contributed by atoms with Crippen LogP contribution in [-0.4, -0.2) is 5.11 Å². The van der Waals surface area contributed by atoms with E-state index in [0.717, 1.165) is 0 Å². The first-order chi connectivity index (χ1) is 6.16. The standard InChI is InChI=1S/C8H4O5/c9-4-1-2-6-5(3-4)7(10)13-8(11)12-6/h1-3,9H. The van der Waals surface area contributed by atoms with Gasteiger partial charge in [-0.15, -0.1) is 0 Å². The predicted molar refractivity (Wildman–Crippen MR) is 42.7 cm³/mol. The largest absolute Gasteiger partial charge is 0.522 e. The number of aromatic hydroxyl groups is 1. The van der Waals surface area contributed by atoms with E-state index in [1.807, 2.05) is 0 Å². The van der Waals surface area contributed by atoms with Gasteiger partial charge in [-0.05, 0) is 18.2 Å². The summed E-state index contributed by atoms with van der Waals surface area (Å²) in [5.41, 5.74) is -0.721. The van der Waals surface area contributed by atoms with Crippen molar-refractivity contribution in [1.29, 1.82) is 0 Å². The summed E-state index contributed by atoms with van der Waals surface area (Å²) in [6.07, 6.45) is 0. The summed E-state index contributed by atoms with van der Waals surface area (Å²) in [4.78, 5) is 21.6. The molecular formula is C8H4O5. The minimum Gasteiger partial charge on any atom is -0.508 e. The molecule has 2 aromatic rings. The van der Waals surface area contributed by atoms with Gasteiger partial charge < -0.3 is 13.9 Å². The molecule has 0 radical (unpaired) electrons. The Bertz CT molecular complexity index is 562. The minimum absolute atomic E-state index is 0.0413. The number of hydrogen-bond acceptors (Lipinski definition) is 5. The van der Waals surface area contributed by atoms with Crippen LogP contribution in [-0.2, 0) is 0 Å². The van der Waals surface area contributed by atoms with Crippen molar-refractivity contribution in [1.82, 2.24) is 0 Å². The van der Waals surface area contributed by atoms with Crippen molar-refractivity contribution in [3.8, 4) is 5.75 Å². The summed E-state index contributed by atoms with van der Waals surface area (Å²) in [5.74, 6) is -1.14. The molecule has 0 aliphatic heterocycles. The van der Waals surface area contributed by atoms with Gasteiger partial charge in [-0.25, -0.2) is 9.59 Å². The zero-order chi connectivity index (χ0) is 9.42. The van der Waals surface area contributed by atoms with E-state index in [9.17, 15) is 9.59 Å². The molecule has 0 aliphatic rings. The maximum atomic E-state index is 11.0. The molecule has 5 heteroatoms. The lowest BCUT2D eigenvalue weighted by atomic mass is 10.2. The molecule has 0 amide bonds. The second-order valence-corrected chi connectivity index (χ2v) is 2.42. The monoisotopic (exact) mass is 180 g/mol. The normalized spacial score (nSPS) is 10.5. The summed E-state index contributed by atoms with van der Waals surface area (Å²) in [6.45, 7) is 0. The number of fused-ring (bicyclic) bond motifs is 1. The number of hydrogen-bond donors (Lipinski definition) is 1. The highest BCUT2D eigenvalue weighted by atomic mass is 16.6.